The number of nitrogens with two attached hydrogens (primary N) is 2. The highest BCUT2D eigenvalue weighted by Gasteiger charge is 2.15. The van der Waals surface area contributed by atoms with Gasteiger partial charge in [-0.05, 0) is 44.9 Å². The van der Waals surface area contributed by atoms with Crippen LogP contribution in [0.15, 0.2) is 30.3 Å². The van der Waals surface area contributed by atoms with Crippen molar-refractivity contribution in [2.75, 3.05) is 12.3 Å². The second-order valence-corrected chi connectivity index (χ2v) is 6.68. The van der Waals surface area contributed by atoms with Gasteiger partial charge < -0.3 is 26.3 Å². The van der Waals surface area contributed by atoms with Gasteiger partial charge in [0.25, 0.3) is 0 Å². The van der Waals surface area contributed by atoms with E-state index >= 15 is 0 Å². The molecule has 8 nitrogen and oxygen atoms in total. The minimum absolute atomic E-state index is 0.118. The number of nitrogens with zero attached hydrogens (tertiary/aromatic N) is 2. The molecule has 0 bridgehead atoms. The second-order valence-electron chi connectivity index (χ2n) is 6.68. The van der Waals surface area contributed by atoms with E-state index < -0.39 is 11.7 Å². The van der Waals surface area contributed by atoms with Gasteiger partial charge in [0, 0.05) is 19.2 Å². The van der Waals surface area contributed by atoms with E-state index in [-0.39, 0.29) is 12.5 Å². The number of nitrogens with one attached hydrogen (secondary N) is 1. The fraction of sp³-hybridized carbons (Fsp3) is 0.389. The largest absolute Gasteiger partial charge is 0.444 e. The monoisotopic (exact) mass is 359 g/mol. The van der Waals surface area contributed by atoms with Crippen molar-refractivity contribution in [3.05, 3.63) is 41.6 Å². The van der Waals surface area contributed by atoms with E-state index in [9.17, 15) is 4.79 Å². The molecule has 0 radical (unpaired) electrons. The van der Waals surface area contributed by atoms with Gasteiger partial charge in [-0.2, -0.15) is 4.98 Å². The van der Waals surface area contributed by atoms with E-state index in [0.29, 0.717) is 30.3 Å². The lowest BCUT2D eigenvalue weighted by Crippen LogP contribution is -2.33. The molecule has 2 rings (SSSR count). The molecule has 0 atom stereocenters. The maximum absolute atomic E-state index is 11.6. The first-order chi connectivity index (χ1) is 12.2. The van der Waals surface area contributed by atoms with Crippen LogP contribution in [0.3, 0.4) is 0 Å². The number of hydrogen-bond donors (Lipinski definition) is 3. The maximum Gasteiger partial charge on any atom is 0.407 e. The molecule has 5 N–H and O–H groups in total. The summed E-state index contributed by atoms with van der Waals surface area (Å²) in [7, 11) is 0. The summed E-state index contributed by atoms with van der Waals surface area (Å²) in [6, 6.07) is 9.13. The standard InChI is InChI=1S/C18H25N5O3/c1-18(2,3)26-17(24)21-9-8-12-4-6-14(7-5-12)25-15-10-13(11-19)22-16(20)23-15/h4-7,10H,8-9,11,19H2,1-3H3,(H,21,24)(H2,20,22,23). The van der Waals surface area contributed by atoms with Crippen molar-refractivity contribution in [1.29, 1.82) is 0 Å². The molecule has 1 amide bonds. The first-order valence-corrected chi connectivity index (χ1v) is 8.32. The summed E-state index contributed by atoms with van der Waals surface area (Å²) in [4.78, 5) is 19.6. The first-order valence-electron chi connectivity index (χ1n) is 8.32. The van der Waals surface area contributed by atoms with Gasteiger partial charge in [-0.3, -0.25) is 0 Å². The fourth-order valence-corrected chi connectivity index (χ4v) is 2.12. The zero-order valence-electron chi connectivity index (χ0n) is 15.3. The number of alkyl carbamates (subject to hydrolysis) is 1. The predicted molar refractivity (Wildman–Crippen MR) is 98.8 cm³/mol. The minimum atomic E-state index is -0.503. The van der Waals surface area contributed by atoms with Crippen LogP contribution in [-0.2, 0) is 17.7 Å². The summed E-state index contributed by atoms with van der Waals surface area (Å²) in [5.41, 5.74) is 12.3. The Morgan fingerprint density at radius 1 is 1.19 bits per heavy atom. The van der Waals surface area contributed by atoms with Crippen LogP contribution in [0.4, 0.5) is 10.7 Å². The Hall–Kier alpha value is -2.87. The van der Waals surface area contributed by atoms with Crippen molar-refractivity contribution in [2.24, 2.45) is 5.73 Å². The molecule has 8 heteroatoms. The van der Waals surface area contributed by atoms with Crippen LogP contribution in [0.2, 0.25) is 0 Å². The summed E-state index contributed by atoms with van der Waals surface area (Å²) in [5, 5.41) is 2.73. The molecule has 0 aliphatic rings. The Labute approximate surface area is 152 Å². The highest BCUT2D eigenvalue weighted by atomic mass is 16.6. The molecule has 26 heavy (non-hydrogen) atoms. The number of aromatic nitrogens is 2. The molecular formula is C18H25N5O3. The topological polar surface area (TPSA) is 125 Å². The summed E-state index contributed by atoms with van der Waals surface area (Å²) >= 11 is 0. The third-order valence-corrected chi connectivity index (χ3v) is 3.21. The predicted octanol–water partition coefficient (Wildman–Crippen LogP) is 2.38. The van der Waals surface area contributed by atoms with Crippen molar-refractivity contribution in [1.82, 2.24) is 15.3 Å². The van der Waals surface area contributed by atoms with E-state index in [1.807, 2.05) is 45.0 Å². The smallest absolute Gasteiger partial charge is 0.407 e. The van der Waals surface area contributed by atoms with Crippen molar-refractivity contribution >= 4 is 12.0 Å². The van der Waals surface area contributed by atoms with Gasteiger partial charge in [0.05, 0.1) is 5.69 Å². The lowest BCUT2D eigenvalue weighted by Gasteiger charge is -2.19. The Morgan fingerprint density at radius 2 is 1.88 bits per heavy atom. The van der Waals surface area contributed by atoms with E-state index in [1.54, 1.807) is 6.07 Å². The normalized spacial score (nSPS) is 11.1. The average molecular weight is 359 g/mol. The van der Waals surface area contributed by atoms with E-state index in [4.69, 9.17) is 20.9 Å². The second kappa shape index (κ2) is 8.48. The maximum atomic E-state index is 11.6. The Morgan fingerprint density at radius 3 is 2.50 bits per heavy atom. The van der Waals surface area contributed by atoms with Gasteiger partial charge in [-0.1, -0.05) is 12.1 Å². The van der Waals surface area contributed by atoms with E-state index in [1.165, 1.54) is 0 Å². The molecular weight excluding hydrogens is 334 g/mol. The highest BCUT2D eigenvalue weighted by Crippen LogP contribution is 2.21. The highest BCUT2D eigenvalue weighted by molar-refractivity contribution is 5.67. The van der Waals surface area contributed by atoms with Gasteiger partial charge in [-0.25, -0.2) is 9.78 Å². The minimum Gasteiger partial charge on any atom is -0.444 e. The van der Waals surface area contributed by atoms with Crippen molar-refractivity contribution in [3.63, 3.8) is 0 Å². The molecule has 1 heterocycles. The van der Waals surface area contributed by atoms with Gasteiger partial charge >= 0.3 is 6.09 Å². The number of anilines is 1. The van der Waals surface area contributed by atoms with Crippen LogP contribution < -0.4 is 21.5 Å². The van der Waals surface area contributed by atoms with Gasteiger partial charge in [0.15, 0.2) is 0 Å². The van der Waals surface area contributed by atoms with Crippen molar-refractivity contribution < 1.29 is 14.3 Å². The molecule has 0 saturated carbocycles. The number of hydrogen-bond acceptors (Lipinski definition) is 7. The van der Waals surface area contributed by atoms with Crippen LogP contribution in [0, 0.1) is 0 Å². The molecule has 0 aliphatic carbocycles. The van der Waals surface area contributed by atoms with Gasteiger partial charge in [-0.15, -0.1) is 0 Å². The average Bonchev–Trinajstić information content (AvgIpc) is 2.54. The van der Waals surface area contributed by atoms with Crippen LogP contribution in [0.5, 0.6) is 11.6 Å². The third kappa shape index (κ3) is 6.56. The van der Waals surface area contributed by atoms with Gasteiger partial charge in [0.2, 0.25) is 11.8 Å². The number of rotatable bonds is 6. The molecule has 1 aromatic carbocycles. The summed E-state index contributed by atoms with van der Waals surface area (Å²) in [6.45, 7) is 6.22. The summed E-state index contributed by atoms with van der Waals surface area (Å²) in [5.74, 6) is 1.08. The summed E-state index contributed by atoms with van der Waals surface area (Å²) < 4.78 is 10.9. The molecule has 0 saturated heterocycles. The number of ether oxygens (including phenoxy) is 2. The van der Waals surface area contributed by atoms with Crippen LogP contribution in [-0.4, -0.2) is 28.2 Å². The van der Waals surface area contributed by atoms with Crippen LogP contribution >= 0.6 is 0 Å². The van der Waals surface area contributed by atoms with Crippen molar-refractivity contribution in [3.8, 4) is 11.6 Å². The Bertz CT molecular complexity index is 741. The number of nitrogen functional groups attached to an aromatic ring is 1. The lowest BCUT2D eigenvalue weighted by molar-refractivity contribution is 0.0528. The number of carbonyl (C=O) groups is 1. The molecule has 0 spiro atoms. The number of amides is 1. The Balaban J connectivity index is 1.86. The molecule has 0 aliphatic heterocycles. The lowest BCUT2D eigenvalue weighted by atomic mass is 10.1. The van der Waals surface area contributed by atoms with Crippen LogP contribution in [0.1, 0.15) is 32.0 Å². The SMILES string of the molecule is CC(C)(C)OC(=O)NCCc1ccc(Oc2cc(CN)nc(N)n2)cc1. The quantitative estimate of drug-likeness (QED) is 0.723. The number of carbonyl (C=O) groups excluding carboxylic acids is 1. The Kier molecular flexibility index (Phi) is 6.35. The van der Waals surface area contributed by atoms with E-state index in [2.05, 4.69) is 15.3 Å². The molecule has 0 fully saturated rings. The van der Waals surface area contributed by atoms with Gasteiger partial charge in [0.1, 0.15) is 11.4 Å². The third-order valence-electron chi connectivity index (χ3n) is 3.21. The summed E-state index contributed by atoms with van der Waals surface area (Å²) in [6.07, 6.45) is 0.256. The molecule has 140 valence electrons. The number of benzene rings is 1. The van der Waals surface area contributed by atoms with Crippen molar-refractivity contribution in [2.45, 2.75) is 39.3 Å². The molecule has 2 aromatic rings. The first kappa shape index (κ1) is 19.5. The van der Waals surface area contributed by atoms with E-state index in [0.717, 1.165) is 5.56 Å². The zero-order chi connectivity index (χ0) is 19.2. The molecule has 1 aromatic heterocycles. The zero-order valence-corrected chi connectivity index (χ0v) is 15.3. The fourth-order valence-electron chi connectivity index (χ4n) is 2.12. The van der Waals surface area contributed by atoms with Crippen LogP contribution in [0.25, 0.3) is 0 Å². The molecule has 0 unspecified atom stereocenters.